The predicted octanol–water partition coefficient (Wildman–Crippen LogP) is 6.67. The summed E-state index contributed by atoms with van der Waals surface area (Å²) in [5, 5.41) is 6.58. The number of carbonyl (C=O) groups excluding carboxylic acids is 1. The molecule has 1 amide bonds. The smallest absolute Gasteiger partial charge is 0.274 e. The third kappa shape index (κ3) is 5.85. The predicted molar refractivity (Wildman–Crippen MR) is 166 cm³/mol. The lowest BCUT2D eigenvalue weighted by Gasteiger charge is -2.30. The van der Waals surface area contributed by atoms with Crippen molar-refractivity contribution in [3.05, 3.63) is 104 Å². The summed E-state index contributed by atoms with van der Waals surface area (Å²) >= 11 is 7.03. The monoisotopic (exact) mass is 697 g/mol. The van der Waals surface area contributed by atoms with Crippen LogP contribution in [0, 0.1) is 5.92 Å². The molecule has 0 N–H and O–H groups in total. The van der Waals surface area contributed by atoms with Crippen molar-refractivity contribution in [3.63, 3.8) is 0 Å². The average molecular weight is 699 g/mol. The minimum absolute atomic E-state index is 0.0662. The summed E-state index contributed by atoms with van der Waals surface area (Å²) in [6, 6.07) is 22.2. The van der Waals surface area contributed by atoms with Gasteiger partial charge in [-0.2, -0.15) is 9.41 Å². The number of ether oxygens (including phenoxy) is 1. The van der Waals surface area contributed by atoms with Crippen molar-refractivity contribution in [2.24, 2.45) is 11.0 Å². The van der Waals surface area contributed by atoms with Gasteiger partial charge in [0, 0.05) is 33.5 Å². The van der Waals surface area contributed by atoms with E-state index < -0.39 is 10.0 Å². The second-order valence-corrected chi connectivity index (χ2v) is 14.2. The molecule has 2 aliphatic heterocycles. The molecule has 0 aromatic heterocycles. The number of benzene rings is 3. The molecule has 3 aliphatic rings. The first-order chi connectivity index (χ1) is 19.8. The third-order valence-corrected chi connectivity index (χ3v) is 10.8. The van der Waals surface area contributed by atoms with Gasteiger partial charge in [-0.1, -0.05) is 56.1 Å². The van der Waals surface area contributed by atoms with Gasteiger partial charge in [-0.3, -0.25) is 4.79 Å². The normalized spacial score (nSPS) is 22.4. The second-order valence-electron chi connectivity index (χ2n) is 10.4. The molecule has 212 valence electrons. The Morgan fingerprint density at radius 1 is 0.902 bits per heavy atom. The first-order valence-electron chi connectivity index (χ1n) is 13.6. The summed E-state index contributed by atoms with van der Waals surface area (Å²) in [6.07, 6.45) is 5.01. The molecule has 3 aromatic carbocycles. The van der Waals surface area contributed by atoms with Crippen LogP contribution in [0.1, 0.15) is 46.8 Å². The molecule has 2 atom stereocenters. The summed E-state index contributed by atoms with van der Waals surface area (Å²) in [4.78, 5) is 14.2. The number of fused-ring (bicyclic) bond motifs is 1. The van der Waals surface area contributed by atoms with E-state index in [0.717, 1.165) is 50.6 Å². The highest BCUT2D eigenvalue weighted by Gasteiger charge is 2.44. The quantitative estimate of drug-likeness (QED) is 0.298. The van der Waals surface area contributed by atoms with E-state index in [0.29, 0.717) is 31.9 Å². The maximum atomic E-state index is 14.0. The molecule has 2 heterocycles. The second kappa shape index (κ2) is 11.9. The Kier molecular flexibility index (Phi) is 8.29. The van der Waals surface area contributed by atoms with Gasteiger partial charge >= 0.3 is 0 Å². The largest absolute Gasteiger partial charge is 0.379 e. The van der Waals surface area contributed by atoms with E-state index in [1.165, 1.54) is 16.4 Å². The van der Waals surface area contributed by atoms with Crippen LogP contribution in [0.5, 0.6) is 0 Å². The Hall–Kier alpha value is -2.63. The molecule has 1 aliphatic carbocycles. The molecule has 41 heavy (non-hydrogen) atoms. The average Bonchev–Trinajstić information content (AvgIpc) is 3.39. The van der Waals surface area contributed by atoms with Crippen molar-refractivity contribution in [3.8, 4) is 0 Å². The molecular formula is C31H29Br2N3O4S. The zero-order valence-electron chi connectivity index (χ0n) is 22.2. The van der Waals surface area contributed by atoms with Gasteiger partial charge < -0.3 is 4.74 Å². The van der Waals surface area contributed by atoms with E-state index in [1.807, 2.05) is 36.4 Å². The molecule has 0 radical (unpaired) electrons. The van der Waals surface area contributed by atoms with Crippen LogP contribution in [0.25, 0.3) is 6.08 Å². The van der Waals surface area contributed by atoms with Crippen LogP contribution in [0.2, 0.25) is 0 Å². The van der Waals surface area contributed by atoms with Crippen LogP contribution >= 0.6 is 31.9 Å². The lowest BCUT2D eigenvalue weighted by molar-refractivity contribution is 0.0680. The van der Waals surface area contributed by atoms with Gasteiger partial charge in [0.2, 0.25) is 10.0 Å². The van der Waals surface area contributed by atoms with Crippen LogP contribution in [0.15, 0.2) is 97.3 Å². The molecular weight excluding hydrogens is 670 g/mol. The van der Waals surface area contributed by atoms with Crippen molar-refractivity contribution >= 4 is 59.6 Å². The highest BCUT2D eigenvalue weighted by molar-refractivity contribution is 9.10. The van der Waals surface area contributed by atoms with Gasteiger partial charge in [-0.05, 0) is 90.6 Å². The molecule has 7 nitrogen and oxygen atoms in total. The minimum atomic E-state index is -3.65. The van der Waals surface area contributed by atoms with E-state index in [-0.39, 0.29) is 22.8 Å². The fourth-order valence-electron chi connectivity index (χ4n) is 5.76. The van der Waals surface area contributed by atoms with Crippen molar-refractivity contribution in [1.82, 2.24) is 9.31 Å². The van der Waals surface area contributed by atoms with Crippen molar-refractivity contribution in [2.75, 3.05) is 26.3 Å². The van der Waals surface area contributed by atoms with Crippen LogP contribution < -0.4 is 0 Å². The Morgan fingerprint density at radius 3 is 2.20 bits per heavy atom. The number of hydrogen-bond acceptors (Lipinski definition) is 5. The van der Waals surface area contributed by atoms with Gasteiger partial charge in [-0.25, -0.2) is 13.4 Å². The molecule has 6 rings (SSSR count). The number of nitrogens with zero attached hydrogens (tertiary/aromatic N) is 3. The SMILES string of the molecule is O=C(c1ccc(S(=O)(=O)N2CCOCC2)cc1)N1N=C2/C(=C\c3ccc(Br)cc3)CCC[C@H]2[C@H]1c1ccc(Br)cc1. The Balaban J connectivity index is 1.34. The van der Waals surface area contributed by atoms with Crippen LogP contribution in [0.3, 0.4) is 0 Å². The summed E-state index contributed by atoms with van der Waals surface area (Å²) in [7, 11) is -3.65. The maximum Gasteiger partial charge on any atom is 0.274 e. The number of morpholine rings is 1. The standard InChI is InChI=1S/C31H29Br2N3O4S/c32-25-10-4-21(5-11-25)20-24-2-1-3-28-29(24)34-36(30(28)22-6-12-26(33)13-7-22)31(37)23-8-14-27(15-9-23)41(38,39)35-16-18-40-19-17-35/h4-15,20,28,30H,1-3,16-19H2/b24-20-/t28-,30-/m1/s1. The van der Waals surface area contributed by atoms with Gasteiger partial charge in [0.05, 0.1) is 29.9 Å². The molecule has 3 aromatic rings. The van der Waals surface area contributed by atoms with E-state index >= 15 is 0 Å². The molecule has 1 saturated carbocycles. The van der Waals surface area contributed by atoms with E-state index in [9.17, 15) is 13.2 Å². The number of hydrogen-bond donors (Lipinski definition) is 0. The number of amides is 1. The molecule has 10 heteroatoms. The lowest BCUT2D eigenvalue weighted by Crippen LogP contribution is -2.40. The van der Waals surface area contributed by atoms with Gasteiger partial charge in [-0.15, -0.1) is 0 Å². The Labute approximate surface area is 257 Å². The highest BCUT2D eigenvalue weighted by Crippen LogP contribution is 2.45. The number of sulfonamides is 1. The Bertz CT molecular complexity index is 1600. The molecule has 0 unspecified atom stereocenters. The van der Waals surface area contributed by atoms with Gasteiger partial charge in [0.25, 0.3) is 5.91 Å². The van der Waals surface area contributed by atoms with E-state index in [1.54, 1.807) is 17.1 Å². The molecule has 1 saturated heterocycles. The summed E-state index contributed by atoms with van der Waals surface area (Å²) < 4.78 is 34.9. The highest BCUT2D eigenvalue weighted by atomic mass is 79.9. The number of allylic oxidation sites excluding steroid dienone is 1. The van der Waals surface area contributed by atoms with Crippen molar-refractivity contribution < 1.29 is 17.9 Å². The zero-order chi connectivity index (χ0) is 28.6. The Morgan fingerprint density at radius 2 is 1.54 bits per heavy atom. The first kappa shape index (κ1) is 28.5. The van der Waals surface area contributed by atoms with E-state index in [2.05, 4.69) is 50.1 Å². The number of halogens is 2. The number of rotatable bonds is 5. The fraction of sp³-hybridized carbons (Fsp3) is 0.290. The van der Waals surface area contributed by atoms with Crippen LogP contribution in [-0.4, -0.2) is 55.7 Å². The number of hydrazone groups is 1. The van der Waals surface area contributed by atoms with E-state index in [4.69, 9.17) is 9.84 Å². The fourth-order valence-corrected chi connectivity index (χ4v) is 7.70. The topological polar surface area (TPSA) is 79.3 Å². The molecule has 0 bridgehead atoms. The number of carbonyl (C=O) groups is 1. The zero-order valence-corrected chi connectivity index (χ0v) is 26.2. The lowest BCUT2D eigenvalue weighted by atomic mass is 9.77. The van der Waals surface area contributed by atoms with Crippen LogP contribution in [-0.2, 0) is 14.8 Å². The summed E-state index contributed by atoms with van der Waals surface area (Å²) in [5.74, 6) is -0.185. The molecule has 2 fully saturated rings. The van der Waals surface area contributed by atoms with Crippen molar-refractivity contribution in [2.45, 2.75) is 30.2 Å². The van der Waals surface area contributed by atoms with Gasteiger partial charge in [0.15, 0.2) is 0 Å². The van der Waals surface area contributed by atoms with Crippen LogP contribution in [0.4, 0.5) is 0 Å². The third-order valence-electron chi connectivity index (χ3n) is 7.84. The van der Waals surface area contributed by atoms with Crippen molar-refractivity contribution in [1.29, 1.82) is 0 Å². The first-order valence-corrected chi connectivity index (χ1v) is 16.7. The minimum Gasteiger partial charge on any atom is -0.379 e. The summed E-state index contributed by atoms with van der Waals surface area (Å²) in [6.45, 7) is 1.39. The van der Waals surface area contributed by atoms with Gasteiger partial charge in [0.1, 0.15) is 0 Å². The maximum absolute atomic E-state index is 14.0. The summed E-state index contributed by atoms with van der Waals surface area (Å²) in [5.41, 5.74) is 4.60. The molecule has 0 spiro atoms.